The minimum absolute atomic E-state index is 0.130. The third-order valence-electron chi connectivity index (χ3n) is 2.62. The van der Waals surface area contributed by atoms with E-state index in [2.05, 4.69) is 0 Å². The van der Waals surface area contributed by atoms with E-state index in [0.717, 1.165) is 17.7 Å². The molecule has 0 fully saturated rings. The maximum Gasteiger partial charge on any atom is 0.338 e. The van der Waals surface area contributed by atoms with Crippen molar-refractivity contribution in [3.8, 4) is 0 Å². The van der Waals surface area contributed by atoms with Crippen LogP contribution in [-0.4, -0.2) is 12.6 Å². The Morgan fingerprint density at radius 3 is 2.58 bits per heavy atom. The van der Waals surface area contributed by atoms with E-state index in [1.165, 1.54) is 6.07 Å². The van der Waals surface area contributed by atoms with Gasteiger partial charge in [-0.25, -0.2) is 9.18 Å². The van der Waals surface area contributed by atoms with E-state index >= 15 is 0 Å². The monoisotopic (exact) mass is 259 g/mol. The van der Waals surface area contributed by atoms with Crippen LogP contribution in [0.4, 0.5) is 10.1 Å². The zero-order valence-corrected chi connectivity index (χ0v) is 10.3. The number of halogens is 1. The number of hydrogen-bond donors (Lipinski definition) is 1. The first kappa shape index (κ1) is 13.1. The second kappa shape index (κ2) is 6.00. The second-order valence-electron chi connectivity index (χ2n) is 4.14. The highest BCUT2D eigenvalue weighted by atomic mass is 19.1. The zero-order chi connectivity index (χ0) is 13.7. The van der Waals surface area contributed by atoms with Crippen molar-refractivity contribution in [2.75, 3.05) is 12.3 Å². The van der Waals surface area contributed by atoms with Gasteiger partial charge in [-0.05, 0) is 23.8 Å². The predicted octanol–water partition coefficient (Wildman–Crippen LogP) is 2.81. The number of esters is 1. The summed E-state index contributed by atoms with van der Waals surface area (Å²) in [5.41, 5.74) is 6.88. The van der Waals surface area contributed by atoms with Crippen LogP contribution in [0.3, 0.4) is 0 Å². The van der Waals surface area contributed by atoms with Crippen molar-refractivity contribution in [2.24, 2.45) is 0 Å². The minimum Gasteiger partial charge on any atom is -0.462 e. The summed E-state index contributed by atoms with van der Waals surface area (Å²) in [6.07, 6.45) is 0.622. The number of carbonyl (C=O) groups is 1. The average molecular weight is 259 g/mol. The van der Waals surface area contributed by atoms with Crippen LogP contribution < -0.4 is 5.73 Å². The first-order valence-electron chi connectivity index (χ1n) is 5.92. The largest absolute Gasteiger partial charge is 0.462 e. The Hall–Kier alpha value is -2.36. The third kappa shape index (κ3) is 3.81. The molecule has 0 aliphatic rings. The Bertz CT molecular complexity index is 549. The Balaban J connectivity index is 1.91. The van der Waals surface area contributed by atoms with E-state index in [1.807, 2.05) is 30.3 Å². The molecule has 2 aromatic carbocycles. The molecule has 4 heteroatoms. The van der Waals surface area contributed by atoms with E-state index in [9.17, 15) is 9.18 Å². The lowest BCUT2D eigenvalue weighted by molar-refractivity contribution is 0.0509. The molecular weight excluding hydrogens is 245 g/mol. The SMILES string of the molecule is Nc1cc(F)cc(C(=O)OCCc2ccccc2)c1. The lowest BCUT2D eigenvalue weighted by atomic mass is 10.2. The summed E-state index contributed by atoms with van der Waals surface area (Å²) in [4.78, 5) is 11.7. The van der Waals surface area contributed by atoms with Gasteiger partial charge < -0.3 is 10.5 Å². The molecule has 0 atom stereocenters. The quantitative estimate of drug-likeness (QED) is 0.678. The highest BCUT2D eigenvalue weighted by Gasteiger charge is 2.09. The maximum atomic E-state index is 13.1. The van der Waals surface area contributed by atoms with Crippen LogP contribution in [0.5, 0.6) is 0 Å². The van der Waals surface area contributed by atoms with Crippen LogP contribution in [0.25, 0.3) is 0 Å². The topological polar surface area (TPSA) is 52.3 Å². The third-order valence-corrected chi connectivity index (χ3v) is 2.62. The van der Waals surface area contributed by atoms with Gasteiger partial charge in [-0.1, -0.05) is 30.3 Å². The number of benzene rings is 2. The highest BCUT2D eigenvalue weighted by molar-refractivity contribution is 5.90. The van der Waals surface area contributed by atoms with Crippen molar-refractivity contribution >= 4 is 11.7 Å². The molecule has 0 aliphatic heterocycles. The Morgan fingerprint density at radius 2 is 1.89 bits per heavy atom. The zero-order valence-electron chi connectivity index (χ0n) is 10.3. The van der Waals surface area contributed by atoms with Crippen molar-refractivity contribution in [2.45, 2.75) is 6.42 Å². The molecular formula is C15H14FNO2. The molecule has 0 aliphatic carbocycles. The van der Waals surface area contributed by atoms with Crippen LogP contribution in [0.2, 0.25) is 0 Å². The molecule has 19 heavy (non-hydrogen) atoms. The molecule has 0 bridgehead atoms. The summed E-state index contributed by atoms with van der Waals surface area (Å²) in [7, 11) is 0. The first-order valence-corrected chi connectivity index (χ1v) is 5.92. The van der Waals surface area contributed by atoms with E-state index < -0.39 is 11.8 Å². The standard InChI is InChI=1S/C15H14FNO2/c16-13-8-12(9-14(17)10-13)15(18)19-7-6-11-4-2-1-3-5-11/h1-5,8-10H,6-7,17H2. The van der Waals surface area contributed by atoms with Crippen molar-refractivity contribution in [3.05, 3.63) is 65.5 Å². The number of ether oxygens (including phenoxy) is 1. The summed E-state index contributed by atoms with van der Waals surface area (Å²) >= 11 is 0. The van der Waals surface area contributed by atoms with Gasteiger partial charge in [0.2, 0.25) is 0 Å². The van der Waals surface area contributed by atoms with Gasteiger partial charge in [-0.2, -0.15) is 0 Å². The summed E-state index contributed by atoms with van der Waals surface area (Å²) in [5.74, 6) is -1.11. The van der Waals surface area contributed by atoms with Gasteiger partial charge in [-0.3, -0.25) is 0 Å². The molecule has 0 saturated heterocycles. The molecule has 0 radical (unpaired) electrons. The lowest BCUT2D eigenvalue weighted by Crippen LogP contribution is -2.09. The number of anilines is 1. The summed E-state index contributed by atoms with van der Waals surface area (Å²) < 4.78 is 18.2. The molecule has 2 N–H and O–H groups in total. The Kier molecular flexibility index (Phi) is 4.13. The summed E-state index contributed by atoms with van der Waals surface area (Å²) in [5, 5.41) is 0. The smallest absolute Gasteiger partial charge is 0.338 e. The Labute approximate surface area is 110 Å². The molecule has 3 nitrogen and oxygen atoms in total. The van der Waals surface area contributed by atoms with Gasteiger partial charge in [0.15, 0.2) is 0 Å². The number of rotatable bonds is 4. The van der Waals surface area contributed by atoms with Crippen molar-refractivity contribution in [1.82, 2.24) is 0 Å². The summed E-state index contributed by atoms with van der Waals surface area (Å²) in [6, 6.07) is 13.3. The molecule has 2 aromatic rings. The fraction of sp³-hybridized carbons (Fsp3) is 0.133. The second-order valence-corrected chi connectivity index (χ2v) is 4.14. The van der Waals surface area contributed by atoms with Crippen molar-refractivity contribution < 1.29 is 13.9 Å². The van der Waals surface area contributed by atoms with E-state index in [-0.39, 0.29) is 17.9 Å². The molecule has 0 amide bonds. The van der Waals surface area contributed by atoms with Crippen molar-refractivity contribution in [1.29, 1.82) is 0 Å². The molecule has 0 unspecified atom stereocenters. The van der Waals surface area contributed by atoms with Gasteiger partial charge in [0.25, 0.3) is 0 Å². The minimum atomic E-state index is -0.567. The van der Waals surface area contributed by atoms with Gasteiger partial charge in [0.05, 0.1) is 12.2 Å². The van der Waals surface area contributed by atoms with E-state index in [0.29, 0.717) is 6.42 Å². The number of nitrogens with two attached hydrogens (primary N) is 1. The number of carbonyl (C=O) groups excluding carboxylic acids is 1. The van der Waals surface area contributed by atoms with E-state index in [4.69, 9.17) is 10.5 Å². The van der Waals surface area contributed by atoms with Crippen LogP contribution in [0, 0.1) is 5.82 Å². The molecule has 2 rings (SSSR count). The highest BCUT2D eigenvalue weighted by Crippen LogP contribution is 2.12. The molecule has 0 spiro atoms. The molecule has 0 heterocycles. The summed E-state index contributed by atoms with van der Waals surface area (Å²) in [6.45, 7) is 0.249. The fourth-order valence-electron chi connectivity index (χ4n) is 1.72. The predicted molar refractivity (Wildman–Crippen MR) is 71.2 cm³/mol. The van der Waals surface area contributed by atoms with Gasteiger partial charge >= 0.3 is 5.97 Å². The number of nitrogen functional groups attached to an aromatic ring is 1. The van der Waals surface area contributed by atoms with Crippen LogP contribution in [0.15, 0.2) is 48.5 Å². The number of hydrogen-bond acceptors (Lipinski definition) is 3. The van der Waals surface area contributed by atoms with Crippen molar-refractivity contribution in [3.63, 3.8) is 0 Å². The van der Waals surface area contributed by atoms with Crippen LogP contribution in [0.1, 0.15) is 15.9 Å². The normalized spacial score (nSPS) is 10.2. The lowest BCUT2D eigenvalue weighted by Gasteiger charge is -2.06. The van der Waals surface area contributed by atoms with E-state index in [1.54, 1.807) is 0 Å². The average Bonchev–Trinajstić information content (AvgIpc) is 2.38. The molecule has 0 aromatic heterocycles. The Morgan fingerprint density at radius 1 is 1.16 bits per heavy atom. The molecule has 98 valence electrons. The molecule has 0 saturated carbocycles. The van der Waals surface area contributed by atoms with Crippen LogP contribution in [-0.2, 0) is 11.2 Å². The fourth-order valence-corrected chi connectivity index (χ4v) is 1.72. The van der Waals surface area contributed by atoms with Gasteiger partial charge in [0.1, 0.15) is 5.82 Å². The van der Waals surface area contributed by atoms with Gasteiger partial charge in [-0.15, -0.1) is 0 Å². The maximum absolute atomic E-state index is 13.1. The first-order chi connectivity index (χ1) is 9.15. The van der Waals surface area contributed by atoms with Gasteiger partial charge in [0, 0.05) is 12.1 Å². The van der Waals surface area contributed by atoms with Crippen LogP contribution >= 0.6 is 0 Å².